The highest BCUT2D eigenvalue weighted by molar-refractivity contribution is 14.1. The van der Waals surface area contributed by atoms with Gasteiger partial charge in [-0.15, -0.1) is 0 Å². The first-order chi connectivity index (χ1) is 9.58. The third-order valence-electron chi connectivity index (χ3n) is 2.85. The molecule has 6 heteroatoms. The molecule has 0 spiro atoms. The normalized spacial score (nSPS) is 10.6. The minimum Gasteiger partial charge on any atom is -0.352 e. The molecule has 1 N–H and O–H groups in total. The average molecular weight is 404 g/mol. The number of nitrogens with zero attached hydrogens (tertiary/aromatic N) is 2. The number of hydrogen-bond acceptors (Lipinski definition) is 2. The number of hydrogen-bond donors (Lipinski definition) is 1. The van der Waals surface area contributed by atoms with Gasteiger partial charge in [0.2, 0.25) is 0 Å². The SMILES string of the molecule is Cc1nn(CCCNC(=O)c2ccccc2I)cc1Cl. The largest absolute Gasteiger partial charge is 0.352 e. The van der Waals surface area contributed by atoms with Gasteiger partial charge in [-0.3, -0.25) is 9.48 Å². The molecule has 0 saturated heterocycles. The predicted octanol–water partition coefficient (Wildman–Crippen LogP) is 3.27. The number of aryl methyl sites for hydroxylation is 2. The number of nitrogens with one attached hydrogen (secondary N) is 1. The second-order valence-electron chi connectivity index (χ2n) is 4.41. The van der Waals surface area contributed by atoms with Crippen molar-refractivity contribution in [3.63, 3.8) is 0 Å². The van der Waals surface area contributed by atoms with E-state index in [0.29, 0.717) is 17.1 Å². The van der Waals surface area contributed by atoms with E-state index >= 15 is 0 Å². The second kappa shape index (κ2) is 7.08. The maximum atomic E-state index is 12.0. The quantitative estimate of drug-likeness (QED) is 0.615. The van der Waals surface area contributed by atoms with E-state index in [1.165, 1.54) is 0 Å². The summed E-state index contributed by atoms with van der Waals surface area (Å²) in [5.41, 5.74) is 1.54. The Bertz CT molecular complexity index is 593. The Morgan fingerprint density at radius 1 is 1.45 bits per heavy atom. The van der Waals surface area contributed by atoms with Crippen molar-refractivity contribution in [2.24, 2.45) is 0 Å². The lowest BCUT2D eigenvalue weighted by Crippen LogP contribution is -2.26. The molecular formula is C14H15ClIN3O. The summed E-state index contributed by atoms with van der Waals surface area (Å²) < 4.78 is 2.76. The van der Waals surface area contributed by atoms with Crippen LogP contribution in [0.4, 0.5) is 0 Å². The Morgan fingerprint density at radius 2 is 2.20 bits per heavy atom. The predicted molar refractivity (Wildman–Crippen MR) is 88.1 cm³/mol. The number of halogens is 2. The molecule has 0 fully saturated rings. The fourth-order valence-electron chi connectivity index (χ4n) is 1.79. The van der Waals surface area contributed by atoms with Crippen molar-refractivity contribution in [3.05, 3.63) is 50.3 Å². The highest BCUT2D eigenvalue weighted by Crippen LogP contribution is 2.12. The number of aromatic nitrogens is 2. The van der Waals surface area contributed by atoms with Gasteiger partial charge >= 0.3 is 0 Å². The van der Waals surface area contributed by atoms with E-state index in [4.69, 9.17) is 11.6 Å². The number of carbonyl (C=O) groups excluding carboxylic acids is 1. The van der Waals surface area contributed by atoms with Crippen molar-refractivity contribution in [1.82, 2.24) is 15.1 Å². The van der Waals surface area contributed by atoms with E-state index in [1.807, 2.05) is 31.2 Å². The van der Waals surface area contributed by atoms with E-state index in [9.17, 15) is 4.79 Å². The minimum atomic E-state index is -0.0373. The van der Waals surface area contributed by atoms with Crippen LogP contribution >= 0.6 is 34.2 Å². The smallest absolute Gasteiger partial charge is 0.252 e. The Morgan fingerprint density at radius 3 is 2.85 bits per heavy atom. The van der Waals surface area contributed by atoms with Crippen LogP contribution in [-0.4, -0.2) is 22.2 Å². The van der Waals surface area contributed by atoms with Gasteiger partial charge in [0.05, 0.1) is 16.3 Å². The van der Waals surface area contributed by atoms with E-state index < -0.39 is 0 Å². The summed E-state index contributed by atoms with van der Waals surface area (Å²) in [6, 6.07) is 7.53. The highest BCUT2D eigenvalue weighted by Gasteiger charge is 2.08. The van der Waals surface area contributed by atoms with E-state index in [0.717, 1.165) is 22.2 Å². The molecule has 106 valence electrons. The van der Waals surface area contributed by atoms with Gasteiger partial charge in [0, 0.05) is 22.9 Å². The minimum absolute atomic E-state index is 0.0373. The average Bonchev–Trinajstić information content (AvgIpc) is 2.74. The Hall–Kier alpha value is -1.08. The number of rotatable bonds is 5. The van der Waals surface area contributed by atoms with Gasteiger partial charge < -0.3 is 5.32 Å². The summed E-state index contributed by atoms with van der Waals surface area (Å²) in [7, 11) is 0. The maximum absolute atomic E-state index is 12.0. The van der Waals surface area contributed by atoms with Gasteiger partial charge in [0.25, 0.3) is 5.91 Å². The standard InChI is InChI=1S/C14H15ClIN3O/c1-10-12(15)9-19(18-10)8-4-7-17-14(20)11-5-2-3-6-13(11)16/h2-3,5-6,9H,4,7-8H2,1H3,(H,17,20). The molecule has 1 heterocycles. The van der Waals surface area contributed by atoms with Crippen molar-refractivity contribution in [2.75, 3.05) is 6.54 Å². The monoisotopic (exact) mass is 403 g/mol. The molecule has 0 radical (unpaired) electrons. The van der Waals surface area contributed by atoms with E-state index in [-0.39, 0.29) is 5.91 Å². The molecule has 1 aromatic heterocycles. The van der Waals surface area contributed by atoms with Crippen molar-refractivity contribution in [2.45, 2.75) is 19.9 Å². The molecule has 20 heavy (non-hydrogen) atoms. The zero-order chi connectivity index (χ0) is 14.5. The molecule has 2 rings (SSSR count). The Kier molecular flexibility index (Phi) is 5.42. The van der Waals surface area contributed by atoms with Gasteiger partial charge in [-0.1, -0.05) is 23.7 Å². The van der Waals surface area contributed by atoms with Gasteiger partial charge in [-0.2, -0.15) is 5.10 Å². The van der Waals surface area contributed by atoms with Crippen LogP contribution in [0.2, 0.25) is 5.02 Å². The molecule has 1 aromatic carbocycles. The molecule has 0 bridgehead atoms. The molecule has 0 aliphatic heterocycles. The maximum Gasteiger partial charge on any atom is 0.252 e. The van der Waals surface area contributed by atoms with Crippen LogP contribution in [0.15, 0.2) is 30.5 Å². The number of amides is 1. The molecule has 1 amide bonds. The molecule has 0 saturated carbocycles. The van der Waals surface area contributed by atoms with Crippen LogP contribution in [0.1, 0.15) is 22.5 Å². The summed E-state index contributed by atoms with van der Waals surface area (Å²) >= 11 is 8.10. The van der Waals surface area contributed by atoms with Crippen molar-refractivity contribution >= 4 is 40.1 Å². The molecule has 4 nitrogen and oxygen atoms in total. The first-order valence-corrected chi connectivity index (χ1v) is 7.76. The van der Waals surface area contributed by atoms with Crippen LogP contribution in [0.25, 0.3) is 0 Å². The molecule has 2 aromatic rings. The third kappa shape index (κ3) is 3.96. The highest BCUT2D eigenvalue weighted by atomic mass is 127. The summed E-state index contributed by atoms with van der Waals surface area (Å²) in [5, 5.41) is 7.86. The molecule has 0 unspecified atom stereocenters. The topological polar surface area (TPSA) is 46.9 Å². The summed E-state index contributed by atoms with van der Waals surface area (Å²) in [4.78, 5) is 12.0. The van der Waals surface area contributed by atoms with Crippen molar-refractivity contribution in [1.29, 1.82) is 0 Å². The van der Waals surface area contributed by atoms with Crippen LogP contribution in [0.3, 0.4) is 0 Å². The van der Waals surface area contributed by atoms with Gasteiger partial charge in [0.1, 0.15) is 0 Å². The molecule has 0 aliphatic rings. The zero-order valence-corrected chi connectivity index (χ0v) is 14.0. The van der Waals surface area contributed by atoms with Gasteiger partial charge in [0.15, 0.2) is 0 Å². The third-order valence-corrected chi connectivity index (χ3v) is 4.17. The lowest BCUT2D eigenvalue weighted by molar-refractivity contribution is 0.0951. The van der Waals surface area contributed by atoms with E-state index in [2.05, 4.69) is 33.0 Å². The van der Waals surface area contributed by atoms with Crippen LogP contribution in [0.5, 0.6) is 0 Å². The first kappa shape index (κ1) is 15.3. The van der Waals surface area contributed by atoms with Crippen molar-refractivity contribution < 1.29 is 4.79 Å². The Labute approximate surface area is 136 Å². The molecule has 0 aliphatic carbocycles. The zero-order valence-electron chi connectivity index (χ0n) is 11.1. The van der Waals surface area contributed by atoms with Crippen LogP contribution in [0, 0.1) is 10.5 Å². The van der Waals surface area contributed by atoms with E-state index in [1.54, 1.807) is 10.9 Å². The van der Waals surface area contributed by atoms with Crippen LogP contribution in [-0.2, 0) is 6.54 Å². The number of carbonyl (C=O) groups is 1. The molecule has 0 atom stereocenters. The van der Waals surface area contributed by atoms with Crippen molar-refractivity contribution in [3.8, 4) is 0 Å². The molecular weight excluding hydrogens is 389 g/mol. The Balaban J connectivity index is 1.79. The second-order valence-corrected chi connectivity index (χ2v) is 5.98. The fraction of sp³-hybridized carbons (Fsp3) is 0.286. The lowest BCUT2D eigenvalue weighted by Gasteiger charge is -2.06. The van der Waals surface area contributed by atoms with Gasteiger partial charge in [-0.25, -0.2) is 0 Å². The summed E-state index contributed by atoms with van der Waals surface area (Å²) in [6.45, 7) is 3.22. The first-order valence-electron chi connectivity index (χ1n) is 6.30. The summed E-state index contributed by atoms with van der Waals surface area (Å²) in [5.74, 6) is -0.0373. The van der Waals surface area contributed by atoms with Gasteiger partial charge in [-0.05, 0) is 48.1 Å². The lowest BCUT2D eigenvalue weighted by atomic mass is 10.2. The summed E-state index contributed by atoms with van der Waals surface area (Å²) in [6.07, 6.45) is 2.62. The fourth-order valence-corrected chi connectivity index (χ4v) is 2.57. The van der Waals surface area contributed by atoms with Crippen LogP contribution < -0.4 is 5.32 Å². The number of benzene rings is 1.